The Balaban J connectivity index is 1.82. The van der Waals surface area contributed by atoms with Crippen molar-refractivity contribution in [1.29, 1.82) is 0 Å². The number of aryl methyl sites for hydroxylation is 3. The first kappa shape index (κ1) is 25.7. The normalized spacial score (nSPS) is 12.4. The first-order chi connectivity index (χ1) is 16.0. The number of aliphatic hydroxyl groups excluding tert-OH is 1. The van der Waals surface area contributed by atoms with E-state index in [1.54, 1.807) is 44.2 Å². The van der Waals surface area contributed by atoms with Crippen molar-refractivity contribution >= 4 is 33.3 Å². The molecule has 0 bridgehead atoms. The van der Waals surface area contributed by atoms with E-state index in [1.807, 2.05) is 31.2 Å². The lowest BCUT2D eigenvalue weighted by Crippen LogP contribution is -2.39. The fourth-order valence-corrected chi connectivity index (χ4v) is 5.13. The van der Waals surface area contributed by atoms with Gasteiger partial charge in [0.1, 0.15) is 6.04 Å². The third-order valence-corrected chi connectivity index (χ3v) is 7.49. The van der Waals surface area contributed by atoms with Crippen LogP contribution in [0.5, 0.6) is 0 Å². The highest BCUT2D eigenvalue weighted by Crippen LogP contribution is 2.28. The standard InChI is InChI=1S/C25H27ClN2O5S/c1-15-9-19(7-8-20(15)13-27-23(14-29)25(30)31)18-5-4-6-21(12-18)28-34(32,33)24-11-16(2)22(26)10-17(24)3/h4-12,23,27-29H,13-14H2,1-3H3,(H,30,31). The van der Waals surface area contributed by atoms with Crippen molar-refractivity contribution in [2.75, 3.05) is 11.3 Å². The number of benzene rings is 3. The number of aliphatic hydroxyl groups is 1. The van der Waals surface area contributed by atoms with E-state index in [-0.39, 0.29) is 4.90 Å². The highest BCUT2D eigenvalue weighted by molar-refractivity contribution is 7.92. The van der Waals surface area contributed by atoms with E-state index in [0.717, 1.165) is 22.3 Å². The van der Waals surface area contributed by atoms with Gasteiger partial charge in [-0.25, -0.2) is 8.42 Å². The number of rotatable bonds is 9. The van der Waals surface area contributed by atoms with Gasteiger partial charge < -0.3 is 10.2 Å². The van der Waals surface area contributed by atoms with Crippen LogP contribution in [-0.4, -0.2) is 37.2 Å². The lowest BCUT2D eigenvalue weighted by atomic mass is 9.99. The van der Waals surface area contributed by atoms with Gasteiger partial charge in [-0.05, 0) is 78.4 Å². The molecule has 180 valence electrons. The molecule has 3 aromatic rings. The second kappa shape index (κ2) is 10.6. The van der Waals surface area contributed by atoms with E-state index >= 15 is 0 Å². The predicted molar refractivity (Wildman–Crippen MR) is 134 cm³/mol. The Kier molecular flexibility index (Phi) is 7.99. The molecule has 1 unspecified atom stereocenters. The summed E-state index contributed by atoms with van der Waals surface area (Å²) in [5.41, 5.74) is 5.22. The second-order valence-corrected chi connectivity index (χ2v) is 10.2. The second-order valence-electron chi connectivity index (χ2n) is 8.15. The Bertz CT molecular complexity index is 1320. The van der Waals surface area contributed by atoms with Crippen LogP contribution in [0.15, 0.2) is 59.5 Å². The van der Waals surface area contributed by atoms with Crippen molar-refractivity contribution in [3.8, 4) is 11.1 Å². The van der Waals surface area contributed by atoms with Gasteiger partial charge in [0.25, 0.3) is 10.0 Å². The zero-order valence-electron chi connectivity index (χ0n) is 19.1. The van der Waals surface area contributed by atoms with E-state index in [1.165, 1.54) is 0 Å². The molecule has 4 N–H and O–H groups in total. The summed E-state index contributed by atoms with van der Waals surface area (Å²) in [7, 11) is -3.81. The fourth-order valence-electron chi connectivity index (χ4n) is 3.55. The average Bonchev–Trinajstić information content (AvgIpc) is 2.77. The molecule has 0 saturated heterocycles. The summed E-state index contributed by atoms with van der Waals surface area (Å²) in [6.45, 7) is 5.17. The Morgan fingerprint density at radius 2 is 1.68 bits per heavy atom. The summed E-state index contributed by atoms with van der Waals surface area (Å²) in [5.74, 6) is -1.11. The molecule has 0 saturated carbocycles. The number of aliphatic carboxylic acids is 1. The van der Waals surface area contributed by atoms with Crippen LogP contribution in [0.25, 0.3) is 11.1 Å². The number of carboxylic acids is 1. The summed E-state index contributed by atoms with van der Waals surface area (Å²) in [5, 5.41) is 21.5. The van der Waals surface area contributed by atoms with Gasteiger partial charge in [-0.3, -0.25) is 14.8 Å². The lowest BCUT2D eigenvalue weighted by molar-refractivity contribution is -0.140. The molecule has 0 spiro atoms. The number of halogens is 1. The molecule has 0 aliphatic rings. The van der Waals surface area contributed by atoms with Crippen molar-refractivity contribution in [1.82, 2.24) is 5.32 Å². The van der Waals surface area contributed by atoms with E-state index in [9.17, 15) is 13.2 Å². The zero-order valence-corrected chi connectivity index (χ0v) is 20.7. The number of sulfonamides is 1. The topological polar surface area (TPSA) is 116 Å². The van der Waals surface area contributed by atoms with Gasteiger partial charge in [0.2, 0.25) is 0 Å². The number of hydrogen-bond acceptors (Lipinski definition) is 5. The van der Waals surface area contributed by atoms with Gasteiger partial charge in [-0.2, -0.15) is 0 Å². The van der Waals surface area contributed by atoms with Crippen molar-refractivity contribution in [2.24, 2.45) is 0 Å². The fraction of sp³-hybridized carbons (Fsp3) is 0.240. The zero-order chi connectivity index (χ0) is 25.0. The van der Waals surface area contributed by atoms with Gasteiger partial charge in [0.05, 0.1) is 11.5 Å². The number of hydrogen-bond donors (Lipinski definition) is 4. The number of anilines is 1. The van der Waals surface area contributed by atoms with Crippen LogP contribution in [0.1, 0.15) is 22.3 Å². The molecule has 0 heterocycles. The Hall–Kier alpha value is -2.91. The van der Waals surface area contributed by atoms with Gasteiger partial charge >= 0.3 is 5.97 Å². The summed E-state index contributed by atoms with van der Waals surface area (Å²) in [4.78, 5) is 11.2. The molecular formula is C25H27ClN2O5S. The van der Waals surface area contributed by atoms with Crippen LogP contribution in [0.2, 0.25) is 5.02 Å². The van der Waals surface area contributed by atoms with E-state index in [4.69, 9.17) is 21.8 Å². The molecule has 0 aromatic heterocycles. The molecule has 3 rings (SSSR count). The summed E-state index contributed by atoms with van der Waals surface area (Å²) in [6, 6.07) is 15.0. The van der Waals surface area contributed by atoms with E-state index < -0.39 is 28.6 Å². The van der Waals surface area contributed by atoms with Crippen LogP contribution >= 0.6 is 11.6 Å². The van der Waals surface area contributed by atoms with Gasteiger partial charge in [-0.15, -0.1) is 0 Å². The highest BCUT2D eigenvalue weighted by Gasteiger charge is 2.19. The average molecular weight is 503 g/mol. The molecule has 0 aliphatic heterocycles. The van der Waals surface area contributed by atoms with Crippen LogP contribution in [-0.2, 0) is 21.4 Å². The van der Waals surface area contributed by atoms with Crippen molar-refractivity contribution < 1.29 is 23.4 Å². The smallest absolute Gasteiger partial charge is 0.323 e. The molecule has 0 fully saturated rings. The highest BCUT2D eigenvalue weighted by atomic mass is 35.5. The molecule has 9 heteroatoms. The van der Waals surface area contributed by atoms with E-state index in [0.29, 0.717) is 28.4 Å². The summed E-state index contributed by atoms with van der Waals surface area (Å²) >= 11 is 6.11. The summed E-state index contributed by atoms with van der Waals surface area (Å²) in [6.07, 6.45) is 0. The van der Waals surface area contributed by atoms with Crippen LogP contribution in [0, 0.1) is 20.8 Å². The number of carboxylic acid groups (broad SMARTS) is 1. The molecule has 34 heavy (non-hydrogen) atoms. The predicted octanol–water partition coefficient (Wildman–Crippen LogP) is 4.27. The Labute approximate surface area is 204 Å². The molecule has 7 nitrogen and oxygen atoms in total. The molecule has 0 amide bonds. The number of nitrogens with one attached hydrogen (secondary N) is 2. The third kappa shape index (κ3) is 5.95. The van der Waals surface area contributed by atoms with Gasteiger partial charge in [0.15, 0.2) is 0 Å². The monoisotopic (exact) mass is 502 g/mol. The third-order valence-electron chi connectivity index (χ3n) is 5.56. The lowest BCUT2D eigenvalue weighted by Gasteiger charge is -2.15. The maximum Gasteiger partial charge on any atom is 0.323 e. The largest absolute Gasteiger partial charge is 0.480 e. The maximum atomic E-state index is 13.0. The van der Waals surface area contributed by atoms with Crippen molar-refractivity contribution in [2.45, 2.75) is 38.3 Å². The van der Waals surface area contributed by atoms with Crippen molar-refractivity contribution in [3.63, 3.8) is 0 Å². The molecule has 0 radical (unpaired) electrons. The quantitative estimate of drug-likeness (QED) is 0.347. The minimum absolute atomic E-state index is 0.176. The Morgan fingerprint density at radius 3 is 2.32 bits per heavy atom. The molecular weight excluding hydrogens is 476 g/mol. The maximum absolute atomic E-state index is 13.0. The first-order valence-electron chi connectivity index (χ1n) is 10.6. The minimum atomic E-state index is -3.81. The van der Waals surface area contributed by atoms with Crippen LogP contribution in [0.3, 0.4) is 0 Å². The van der Waals surface area contributed by atoms with Crippen LogP contribution in [0.4, 0.5) is 5.69 Å². The molecule has 0 aliphatic carbocycles. The van der Waals surface area contributed by atoms with Crippen molar-refractivity contribution in [3.05, 3.63) is 81.9 Å². The van der Waals surface area contributed by atoms with Gasteiger partial charge in [0, 0.05) is 17.3 Å². The first-order valence-corrected chi connectivity index (χ1v) is 12.4. The molecule has 1 atom stereocenters. The number of carbonyl (C=O) groups is 1. The van der Waals surface area contributed by atoms with Gasteiger partial charge in [-0.1, -0.05) is 41.9 Å². The van der Waals surface area contributed by atoms with Crippen LogP contribution < -0.4 is 10.0 Å². The Morgan fingerprint density at radius 1 is 0.971 bits per heavy atom. The summed E-state index contributed by atoms with van der Waals surface area (Å²) < 4.78 is 28.7. The van der Waals surface area contributed by atoms with E-state index in [2.05, 4.69) is 10.0 Å². The molecule has 3 aromatic carbocycles. The SMILES string of the molecule is Cc1cc(S(=O)(=O)Nc2cccc(-c3ccc(CNC(CO)C(=O)O)c(C)c3)c2)c(C)cc1Cl. The minimum Gasteiger partial charge on any atom is -0.480 e.